The van der Waals surface area contributed by atoms with Gasteiger partial charge in [0, 0.05) is 53.0 Å². The van der Waals surface area contributed by atoms with Crippen molar-refractivity contribution in [2.75, 3.05) is 19.8 Å². The van der Waals surface area contributed by atoms with Gasteiger partial charge in [-0.1, -0.05) is 91.0 Å². The van der Waals surface area contributed by atoms with Crippen molar-refractivity contribution in [3.63, 3.8) is 0 Å². The molecule has 3 aromatic carbocycles. The molecular formula is C42H39N3O6. The van der Waals surface area contributed by atoms with E-state index in [4.69, 9.17) is 14.2 Å². The molecule has 0 saturated carbocycles. The van der Waals surface area contributed by atoms with Gasteiger partial charge in [-0.15, -0.1) is 0 Å². The Balaban J connectivity index is 1.58. The van der Waals surface area contributed by atoms with Crippen LogP contribution in [0, 0.1) is 0 Å². The lowest BCUT2D eigenvalue weighted by Crippen LogP contribution is -2.07. The van der Waals surface area contributed by atoms with Crippen molar-refractivity contribution in [2.45, 2.75) is 40.0 Å². The third-order valence-corrected chi connectivity index (χ3v) is 9.26. The van der Waals surface area contributed by atoms with E-state index >= 15 is 0 Å². The van der Waals surface area contributed by atoms with Crippen molar-refractivity contribution in [1.82, 2.24) is 15.0 Å². The van der Waals surface area contributed by atoms with Gasteiger partial charge in [-0.05, 0) is 54.2 Å². The number of ether oxygens (including phenoxy) is 3. The lowest BCUT2D eigenvalue weighted by Gasteiger charge is -2.10. The van der Waals surface area contributed by atoms with E-state index in [2.05, 4.69) is 15.0 Å². The summed E-state index contributed by atoms with van der Waals surface area (Å²) in [5, 5.41) is 0. The van der Waals surface area contributed by atoms with E-state index in [-0.39, 0.29) is 19.8 Å². The molecule has 6 aromatic rings. The zero-order valence-corrected chi connectivity index (χ0v) is 28.9. The fourth-order valence-electron chi connectivity index (χ4n) is 7.18. The number of carbonyl (C=O) groups excluding carboxylic acids is 3. The van der Waals surface area contributed by atoms with Crippen LogP contribution in [0.3, 0.4) is 0 Å². The number of rotatable bonds is 9. The molecule has 9 nitrogen and oxygen atoms in total. The first kappa shape index (κ1) is 33.4. The molecular weight excluding hydrogens is 642 g/mol. The minimum absolute atomic E-state index is 0.212. The Hall–Kier alpha value is -6.09. The first-order chi connectivity index (χ1) is 24.9. The van der Waals surface area contributed by atoms with Crippen molar-refractivity contribution >= 4 is 17.9 Å². The molecule has 0 bridgehead atoms. The van der Waals surface area contributed by atoms with E-state index < -0.39 is 17.9 Å². The predicted molar refractivity (Wildman–Crippen MR) is 195 cm³/mol. The van der Waals surface area contributed by atoms with E-state index in [9.17, 15) is 14.4 Å². The number of aromatic amines is 3. The quantitative estimate of drug-likeness (QED) is 0.104. The second kappa shape index (κ2) is 14.4. The lowest BCUT2D eigenvalue weighted by molar-refractivity contribution is 0.0511. The van der Waals surface area contributed by atoms with E-state index in [1.807, 2.05) is 91.0 Å². The minimum atomic E-state index is -0.463. The molecule has 0 radical (unpaired) electrons. The van der Waals surface area contributed by atoms with E-state index in [1.165, 1.54) is 0 Å². The van der Waals surface area contributed by atoms with Crippen LogP contribution in [0.4, 0.5) is 0 Å². The highest BCUT2D eigenvalue weighted by Gasteiger charge is 2.33. The Morgan fingerprint density at radius 3 is 0.941 bits per heavy atom. The maximum Gasteiger partial charge on any atom is 0.355 e. The molecule has 0 unspecified atom stereocenters. The Bertz CT molecular complexity index is 1960. The van der Waals surface area contributed by atoms with Gasteiger partial charge < -0.3 is 29.2 Å². The van der Waals surface area contributed by atoms with Gasteiger partial charge in [-0.3, -0.25) is 0 Å². The standard InChI is InChI=1S/C42H39N3O6/c1-4-49-40(46)37-34(25-16-10-7-11-17-25)28-22-32-30(36(27-20-14-9-15-21-27)39(44-32)42(48)51-6-3)24-33-29(23-31(28)43-37)35(26-18-12-8-13-19-26)38(45-33)41(47)50-5-2/h7-21,43-45H,4-6,22-24H2,1-3H3. The maximum atomic E-state index is 13.7. The van der Waals surface area contributed by atoms with E-state index in [0.29, 0.717) is 36.3 Å². The van der Waals surface area contributed by atoms with Gasteiger partial charge in [0.25, 0.3) is 0 Å². The van der Waals surface area contributed by atoms with Crippen LogP contribution in [0.15, 0.2) is 91.0 Å². The zero-order chi connectivity index (χ0) is 35.5. The van der Waals surface area contributed by atoms with Gasteiger partial charge in [0.2, 0.25) is 0 Å². The van der Waals surface area contributed by atoms with Gasteiger partial charge in [-0.25, -0.2) is 14.4 Å². The van der Waals surface area contributed by atoms with Gasteiger partial charge in [0.05, 0.1) is 19.8 Å². The van der Waals surface area contributed by atoms with Crippen LogP contribution in [-0.2, 0) is 33.5 Å². The summed E-state index contributed by atoms with van der Waals surface area (Å²) in [6.07, 6.45) is 1.12. The van der Waals surface area contributed by atoms with Gasteiger partial charge in [0.15, 0.2) is 0 Å². The third-order valence-electron chi connectivity index (χ3n) is 9.26. The number of benzene rings is 3. The molecule has 0 spiro atoms. The topological polar surface area (TPSA) is 126 Å². The molecule has 3 aromatic heterocycles. The number of hydrogen-bond acceptors (Lipinski definition) is 6. The van der Waals surface area contributed by atoms with Crippen LogP contribution in [0.5, 0.6) is 0 Å². The van der Waals surface area contributed by atoms with Crippen LogP contribution >= 0.6 is 0 Å². The summed E-state index contributed by atoms with van der Waals surface area (Å²) in [4.78, 5) is 51.4. The average Bonchev–Trinajstić information content (AvgIpc) is 3.82. The molecule has 0 fully saturated rings. The zero-order valence-electron chi connectivity index (χ0n) is 28.9. The largest absolute Gasteiger partial charge is 0.461 e. The second-order valence-electron chi connectivity index (χ2n) is 12.3. The molecule has 3 N–H and O–H groups in total. The Labute approximate surface area is 296 Å². The van der Waals surface area contributed by atoms with Crippen LogP contribution in [0.1, 0.15) is 86.0 Å². The summed E-state index contributed by atoms with van der Waals surface area (Å²) in [7, 11) is 0. The second-order valence-corrected chi connectivity index (χ2v) is 12.3. The SMILES string of the molecule is CCOC(=O)c1[nH]c2c(c1-c1ccccc1)Cc1[nH]c(C(=O)OCC)c(-c3ccccc3)c1Cc1[nH]c(C(=O)OCC)c(-c3ccccc3)c1C2. The van der Waals surface area contributed by atoms with Crippen molar-refractivity contribution in [3.05, 3.63) is 142 Å². The third kappa shape index (κ3) is 6.27. The van der Waals surface area contributed by atoms with Crippen molar-refractivity contribution in [1.29, 1.82) is 0 Å². The minimum Gasteiger partial charge on any atom is -0.461 e. The summed E-state index contributed by atoms with van der Waals surface area (Å²) >= 11 is 0. The number of hydrogen-bond donors (Lipinski definition) is 3. The summed E-state index contributed by atoms with van der Waals surface area (Å²) in [6, 6.07) is 29.3. The summed E-state index contributed by atoms with van der Waals surface area (Å²) < 4.78 is 16.7. The molecule has 1 aliphatic carbocycles. The molecule has 258 valence electrons. The highest BCUT2D eigenvalue weighted by Crippen LogP contribution is 2.42. The number of esters is 3. The van der Waals surface area contributed by atoms with Crippen LogP contribution in [0.25, 0.3) is 33.4 Å². The van der Waals surface area contributed by atoms with Crippen LogP contribution < -0.4 is 0 Å². The van der Waals surface area contributed by atoms with Crippen LogP contribution in [-0.4, -0.2) is 52.7 Å². The normalized spacial score (nSPS) is 12.1. The smallest absolute Gasteiger partial charge is 0.355 e. The van der Waals surface area contributed by atoms with Gasteiger partial charge in [0.1, 0.15) is 17.1 Å². The summed E-state index contributed by atoms with van der Waals surface area (Å²) in [6.45, 7) is 5.99. The Morgan fingerprint density at radius 2 is 0.706 bits per heavy atom. The molecule has 9 heteroatoms. The number of H-pyrrole nitrogens is 3. The molecule has 0 atom stereocenters. The van der Waals surface area contributed by atoms with E-state index in [1.54, 1.807) is 20.8 Å². The van der Waals surface area contributed by atoms with Gasteiger partial charge in [-0.2, -0.15) is 0 Å². The molecule has 0 aliphatic heterocycles. The monoisotopic (exact) mass is 681 g/mol. The lowest BCUT2D eigenvalue weighted by atomic mass is 9.93. The highest BCUT2D eigenvalue weighted by molar-refractivity contribution is 6.00. The van der Waals surface area contributed by atoms with Crippen molar-refractivity contribution < 1.29 is 28.6 Å². The number of aromatic nitrogens is 3. The first-order valence-corrected chi connectivity index (χ1v) is 17.3. The fourth-order valence-corrected chi connectivity index (χ4v) is 7.18. The van der Waals surface area contributed by atoms with Crippen LogP contribution in [0.2, 0.25) is 0 Å². The van der Waals surface area contributed by atoms with E-state index in [0.717, 1.165) is 67.2 Å². The molecule has 3 heterocycles. The highest BCUT2D eigenvalue weighted by atomic mass is 16.5. The molecule has 0 amide bonds. The number of nitrogens with one attached hydrogen (secondary N) is 3. The predicted octanol–water partition coefficient (Wildman–Crippen LogP) is 8.29. The Morgan fingerprint density at radius 1 is 0.451 bits per heavy atom. The van der Waals surface area contributed by atoms with Crippen molar-refractivity contribution in [3.8, 4) is 33.4 Å². The first-order valence-electron chi connectivity index (χ1n) is 17.3. The maximum absolute atomic E-state index is 13.7. The number of carbonyl (C=O) groups is 3. The molecule has 7 rings (SSSR count). The van der Waals surface area contributed by atoms with Crippen molar-refractivity contribution in [2.24, 2.45) is 0 Å². The average molecular weight is 682 g/mol. The Kier molecular flexibility index (Phi) is 9.44. The molecule has 51 heavy (non-hydrogen) atoms. The van der Waals surface area contributed by atoms with Gasteiger partial charge >= 0.3 is 17.9 Å². The molecule has 0 saturated heterocycles. The molecule has 1 aliphatic rings. The summed E-state index contributed by atoms with van der Waals surface area (Å²) in [5.41, 5.74) is 10.8. The summed E-state index contributed by atoms with van der Waals surface area (Å²) in [5.74, 6) is -1.39. The number of fused-ring (bicyclic) bond motifs is 3. The fraction of sp³-hybridized carbons (Fsp3) is 0.214.